The van der Waals surface area contributed by atoms with Crippen molar-refractivity contribution in [2.24, 2.45) is 0 Å². The molecule has 160 valence electrons. The maximum Gasteiger partial charge on any atom is 0.132 e. The summed E-state index contributed by atoms with van der Waals surface area (Å²) < 4.78 is 19.4. The first-order valence-corrected chi connectivity index (χ1v) is 11.1. The molecule has 2 aromatic rings. The number of hydrogen-bond acceptors (Lipinski definition) is 3. The zero-order valence-electron chi connectivity index (χ0n) is 18.2. The number of halogens is 1. The maximum atomic E-state index is 13.0. The van der Waals surface area contributed by atoms with E-state index < -0.39 is 0 Å². The van der Waals surface area contributed by atoms with Gasteiger partial charge in [-0.1, -0.05) is 25.5 Å². The summed E-state index contributed by atoms with van der Waals surface area (Å²) in [6, 6.07) is 10.8. The molecule has 0 amide bonds. The molecule has 0 radical (unpaired) electrons. The summed E-state index contributed by atoms with van der Waals surface area (Å²) in [5.74, 6) is 1.28. The summed E-state index contributed by atoms with van der Waals surface area (Å²) in [6.45, 7) is 8.19. The minimum Gasteiger partial charge on any atom is -0.507 e. The highest BCUT2D eigenvalue weighted by atomic mass is 19.1. The van der Waals surface area contributed by atoms with Crippen LogP contribution in [0.3, 0.4) is 0 Å². The summed E-state index contributed by atoms with van der Waals surface area (Å²) in [7, 11) is 0. The van der Waals surface area contributed by atoms with Gasteiger partial charge in [0.15, 0.2) is 0 Å². The fraction of sp³-hybridized carbons (Fsp3) is 0.462. The first-order chi connectivity index (χ1) is 14.3. The molecule has 3 nitrogen and oxygen atoms in total. The van der Waals surface area contributed by atoms with Gasteiger partial charge in [0.2, 0.25) is 0 Å². The number of fused-ring (bicyclic) bond motifs is 2. The van der Waals surface area contributed by atoms with Crippen LogP contribution in [-0.2, 0) is 6.42 Å². The molecule has 0 saturated carbocycles. The quantitative estimate of drug-likeness (QED) is 0.578. The van der Waals surface area contributed by atoms with Crippen LogP contribution in [0, 0.1) is 5.82 Å². The van der Waals surface area contributed by atoms with E-state index in [0.717, 1.165) is 62.1 Å². The molecule has 0 spiro atoms. The molecule has 0 fully saturated rings. The van der Waals surface area contributed by atoms with Gasteiger partial charge in [-0.05, 0) is 98.5 Å². The average Bonchev–Trinajstić information content (AvgIpc) is 2.71. The fourth-order valence-corrected chi connectivity index (χ4v) is 4.81. The van der Waals surface area contributed by atoms with Crippen molar-refractivity contribution in [1.82, 2.24) is 5.32 Å². The number of aromatic hydroxyl groups is 1. The van der Waals surface area contributed by atoms with Gasteiger partial charge in [-0.2, -0.15) is 0 Å². The molecule has 0 bridgehead atoms. The number of phenols is 1. The van der Waals surface area contributed by atoms with Crippen LogP contribution < -0.4 is 10.1 Å². The Hall–Kier alpha value is -2.33. The summed E-state index contributed by atoms with van der Waals surface area (Å²) in [6.07, 6.45) is 5.11. The van der Waals surface area contributed by atoms with E-state index in [2.05, 4.69) is 32.2 Å². The molecule has 2 aliphatic rings. The van der Waals surface area contributed by atoms with Gasteiger partial charge in [-0.3, -0.25) is 0 Å². The fourth-order valence-electron chi connectivity index (χ4n) is 4.81. The van der Waals surface area contributed by atoms with Crippen LogP contribution in [0.4, 0.5) is 4.39 Å². The number of nitrogens with one attached hydrogen (secondary N) is 1. The normalized spacial score (nSPS) is 18.4. The van der Waals surface area contributed by atoms with E-state index in [1.165, 1.54) is 28.8 Å². The molecule has 0 saturated heterocycles. The van der Waals surface area contributed by atoms with Crippen LogP contribution in [-0.4, -0.2) is 23.8 Å². The van der Waals surface area contributed by atoms with Crippen molar-refractivity contribution >= 4 is 5.57 Å². The van der Waals surface area contributed by atoms with E-state index in [4.69, 9.17) is 4.74 Å². The zero-order chi connectivity index (χ0) is 21.3. The molecule has 4 rings (SSSR count). The second kappa shape index (κ2) is 8.43. The van der Waals surface area contributed by atoms with Crippen molar-refractivity contribution in [3.8, 4) is 11.5 Å². The highest BCUT2D eigenvalue weighted by molar-refractivity contribution is 5.82. The van der Waals surface area contributed by atoms with Crippen LogP contribution in [0.1, 0.15) is 69.1 Å². The standard InChI is InChI=1S/C26H32FNO2/c1-17(6-4-5-7-18-8-10-20(27)11-9-18)19-14-23(29)25-21-16-28-13-12-22(21)26(2,3)30-24(25)15-19/h8-11,14-15,17,28-29H,4-7,12-13,16H2,1-3H3. The van der Waals surface area contributed by atoms with Crippen molar-refractivity contribution in [2.45, 2.75) is 64.4 Å². The monoisotopic (exact) mass is 409 g/mol. The third-order valence-corrected chi connectivity index (χ3v) is 6.55. The van der Waals surface area contributed by atoms with Crippen LogP contribution >= 0.6 is 0 Å². The highest BCUT2D eigenvalue weighted by Crippen LogP contribution is 2.48. The summed E-state index contributed by atoms with van der Waals surface area (Å²) in [5, 5.41) is 14.3. The van der Waals surface area contributed by atoms with E-state index in [9.17, 15) is 9.50 Å². The first kappa shape index (κ1) is 20.9. The third-order valence-electron chi connectivity index (χ3n) is 6.55. The maximum absolute atomic E-state index is 13.0. The van der Waals surface area contributed by atoms with Crippen LogP contribution in [0.2, 0.25) is 0 Å². The van der Waals surface area contributed by atoms with E-state index >= 15 is 0 Å². The molecule has 2 heterocycles. The Balaban J connectivity index is 1.45. The molecule has 2 N–H and O–H groups in total. The number of benzene rings is 2. The molecule has 0 aromatic heterocycles. The molecule has 2 aliphatic heterocycles. The number of rotatable bonds is 6. The Bertz CT molecular complexity index is 946. The molecule has 0 aliphatic carbocycles. The lowest BCUT2D eigenvalue weighted by molar-refractivity contribution is 0.137. The van der Waals surface area contributed by atoms with Crippen molar-refractivity contribution in [3.05, 3.63) is 64.5 Å². The summed E-state index contributed by atoms with van der Waals surface area (Å²) in [4.78, 5) is 0. The SMILES string of the molecule is CC(CCCCc1ccc(F)cc1)c1cc(O)c2c(c1)OC(C)(C)C1=C2CNCC1. The van der Waals surface area contributed by atoms with Crippen molar-refractivity contribution in [3.63, 3.8) is 0 Å². The number of phenolic OH excluding ortho intramolecular Hbond substituents is 1. The molecule has 4 heteroatoms. The number of unbranched alkanes of at least 4 members (excludes halogenated alkanes) is 1. The van der Waals surface area contributed by atoms with Gasteiger partial charge in [-0.15, -0.1) is 0 Å². The summed E-state index contributed by atoms with van der Waals surface area (Å²) in [5.41, 5.74) is 5.32. The minimum absolute atomic E-state index is 0.183. The number of aryl methyl sites for hydroxylation is 1. The Labute approximate surface area is 179 Å². The Kier molecular flexibility index (Phi) is 5.88. The van der Waals surface area contributed by atoms with Crippen LogP contribution in [0.25, 0.3) is 5.57 Å². The van der Waals surface area contributed by atoms with Gasteiger partial charge in [0.1, 0.15) is 22.9 Å². The van der Waals surface area contributed by atoms with Gasteiger partial charge in [0.25, 0.3) is 0 Å². The molecular formula is C26H32FNO2. The lowest BCUT2D eigenvalue weighted by atomic mass is 9.81. The van der Waals surface area contributed by atoms with Gasteiger partial charge in [0, 0.05) is 6.54 Å². The van der Waals surface area contributed by atoms with E-state index in [1.807, 2.05) is 18.2 Å². The predicted molar refractivity (Wildman–Crippen MR) is 120 cm³/mol. The topological polar surface area (TPSA) is 41.5 Å². The number of ether oxygens (including phenoxy) is 1. The summed E-state index contributed by atoms with van der Waals surface area (Å²) >= 11 is 0. The third kappa shape index (κ3) is 4.24. The van der Waals surface area contributed by atoms with Gasteiger partial charge < -0.3 is 15.2 Å². The van der Waals surface area contributed by atoms with Crippen molar-refractivity contribution in [1.29, 1.82) is 0 Å². The van der Waals surface area contributed by atoms with E-state index in [1.54, 1.807) is 0 Å². The molecular weight excluding hydrogens is 377 g/mol. The number of hydrogen-bond donors (Lipinski definition) is 2. The first-order valence-electron chi connectivity index (χ1n) is 11.1. The largest absolute Gasteiger partial charge is 0.507 e. The Morgan fingerprint density at radius 3 is 2.70 bits per heavy atom. The van der Waals surface area contributed by atoms with Crippen molar-refractivity contribution < 1.29 is 14.2 Å². The predicted octanol–water partition coefficient (Wildman–Crippen LogP) is 5.97. The van der Waals surface area contributed by atoms with Gasteiger partial charge >= 0.3 is 0 Å². The minimum atomic E-state index is -0.339. The molecule has 1 unspecified atom stereocenters. The Morgan fingerprint density at radius 2 is 1.93 bits per heavy atom. The second-order valence-corrected chi connectivity index (χ2v) is 9.18. The molecule has 1 atom stereocenters. The zero-order valence-corrected chi connectivity index (χ0v) is 18.2. The van der Waals surface area contributed by atoms with Crippen molar-refractivity contribution in [2.75, 3.05) is 13.1 Å². The van der Waals surface area contributed by atoms with Gasteiger partial charge in [-0.25, -0.2) is 4.39 Å². The second-order valence-electron chi connectivity index (χ2n) is 9.18. The Morgan fingerprint density at radius 1 is 1.17 bits per heavy atom. The van der Waals surface area contributed by atoms with Crippen LogP contribution in [0.15, 0.2) is 42.0 Å². The molecule has 30 heavy (non-hydrogen) atoms. The molecule has 2 aromatic carbocycles. The van der Waals surface area contributed by atoms with E-state index in [0.29, 0.717) is 11.7 Å². The van der Waals surface area contributed by atoms with Gasteiger partial charge in [0.05, 0.1) is 5.56 Å². The lowest BCUT2D eigenvalue weighted by Gasteiger charge is -2.40. The lowest BCUT2D eigenvalue weighted by Crippen LogP contribution is -2.40. The smallest absolute Gasteiger partial charge is 0.132 e. The van der Waals surface area contributed by atoms with Crippen LogP contribution in [0.5, 0.6) is 11.5 Å². The highest BCUT2D eigenvalue weighted by Gasteiger charge is 2.37. The average molecular weight is 410 g/mol. The van der Waals surface area contributed by atoms with E-state index in [-0.39, 0.29) is 11.4 Å².